The van der Waals surface area contributed by atoms with Crippen LogP contribution in [-0.2, 0) is 0 Å². The number of carbonyl (C=O) groups is 1. The van der Waals surface area contributed by atoms with Gasteiger partial charge in [0.25, 0.3) is 12.3 Å². The molecule has 0 saturated heterocycles. The molecule has 0 aromatic carbocycles. The number of nitrogens with one attached hydrogen (secondary N) is 1. The maximum Gasteiger partial charge on any atom is 0.293 e. The summed E-state index contributed by atoms with van der Waals surface area (Å²) in [5.41, 5.74) is 0.751. The van der Waals surface area contributed by atoms with E-state index < -0.39 is 12.3 Å². The zero-order chi connectivity index (χ0) is 18.1. The smallest absolute Gasteiger partial charge is 0.293 e. The molecule has 3 heterocycles. The summed E-state index contributed by atoms with van der Waals surface area (Å²) in [5, 5.41) is 2.59. The molecule has 3 aromatic rings. The fourth-order valence-corrected chi connectivity index (χ4v) is 2.46. The first-order valence-corrected chi connectivity index (χ1v) is 8.03. The molecule has 1 N–H and O–H groups in total. The standard InChI is InChI=1S/C17H14F2N6O/c18-15(19)12-4-3-11(8-21-12)22-17(26)16-23-13(10-1-2-10)7-14(24-16)25-6-5-20-9-25/h3-10,15H,1-2H2,(H,22,26). The third-order valence-corrected chi connectivity index (χ3v) is 3.97. The molecule has 0 bridgehead atoms. The van der Waals surface area contributed by atoms with Gasteiger partial charge in [0.1, 0.15) is 17.8 Å². The number of carbonyl (C=O) groups excluding carboxylic acids is 1. The maximum atomic E-state index is 12.6. The minimum atomic E-state index is -2.66. The molecule has 132 valence electrons. The molecular weight excluding hydrogens is 342 g/mol. The Morgan fingerprint density at radius 2 is 2.12 bits per heavy atom. The number of halogens is 2. The lowest BCUT2D eigenvalue weighted by molar-refractivity contribution is 0.101. The number of nitrogens with zero attached hydrogens (tertiary/aromatic N) is 5. The van der Waals surface area contributed by atoms with Crippen molar-refractivity contribution in [3.63, 3.8) is 0 Å². The summed E-state index contributed by atoms with van der Waals surface area (Å²) in [6.07, 6.45) is 5.52. The molecule has 7 nitrogen and oxygen atoms in total. The second-order valence-corrected chi connectivity index (χ2v) is 5.95. The van der Waals surface area contributed by atoms with Gasteiger partial charge in [-0.25, -0.2) is 23.7 Å². The Morgan fingerprint density at radius 1 is 1.27 bits per heavy atom. The minimum Gasteiger partial charge on any atom is -0.318 e. The van der Waals surface area contributed by atoms with E-state index in [4.69, 9.17) is 0 Å². The van der Waals surface area contributed by atoms with Crippen LogP contribution in [0.15, 0.2) is 43.1 Å². The number of imidazole rings is 1. The van der Waals surface area contributed by atoms with Crippen molar-refractivity contribution in [1.29, 1.82) is 0 Å². The fraction of sp³-hybridized carbons (Fsp3) is 0.235. The highest BCUT2D eigenvalue weighted by Gasteiger charge is 2.27. The van der Waals surface area contributed by atoms with Crippen LogP contribution in [0.25, 0.3) is 5.82 Å². The maximum absolute atomic E-state index is 12.6. The number of alkyl halides is 2. The van der Waals surface area contributed by atoms with Gasteiger partial charge < -0.3 is 5.32 Å². The average Bonchev–Trinajstić information content (AvgIpc) is 3.36. The van der Waals surface area contributed by atoms with Crippen LogP contribution >= 0.6 is 0 Å². The second kappa shape index (κ2) is 6.58. The van der Waals surface area contributed by atoms with Crippen LogP contribution in [0.2, 0.25) is 0 Å². The number of pyridine rings is 1. The van der Waals surface area contributed by atoms with Crippen molar-refractivity contribution in [3.05, 3.63) is 60.3 Å². The number of rotatable bonds is 5. The van der Waals surface area contributed by atoms with E-state index in [9.17, 15) is 13.6 Å². The molecule has 9 heteroatoms. The van der Waals surface area contributed by atoms with Gasteiger partial charge in [0.05, 0.1) is 11.9 Å². The van der Waals surface area contributed by atoms with E-state index in [0.29, 0.717) is 17.4 Å². The zero-order valence-corrected chi connectivity index (χ0v) is 13.5. The summed E-state index contributed by atoms with van der Waals surface area (Å²) in [6, 6.07) is 4.38. The molecule has 3 aromatic heterocycles. The number of amides is 1. The quantitative estimate of drug-likeness (QED) is 0.759. The summed E-state index contributed by atoms with van der Waals surface area (Å²) in [6.45, 7) is 0. The third-order valence-electron chi connectivity index (χ3n) is 3.97. The van der Waals surface area contributed by atoms with Crippen molar-refractivity contribution in [2.45, 2.75) is 25.2 Å². The van der Waals surface area contributed by atoms with Gasteiger partial charge in [-0.3, -0.25) is 14.3 Å². The van der Waals surface area contributed by atoms with E-state index in [1.54, 1.807) is 23.3 Å². The zero-order valence-electron chi connectivity index (χ0n) is 13.5. The van der Waals surface area contributed by atoms with Crippen LogP contribution < -0.4 is 5.32 Å². The Morgan fingerprint density at radius 3 is 2.73 bits per heavy atom. The largest absolute Gasteiger partial charge is 0.318 e. The van der Waals surface area contributed by atoms with Gasteiger partial charge in [-0.1, -0.05) is 0 Å². The van der Waals surface area contributed by atoms with Crippen LogP contribution in [0.5, 0.6) is 0 Å². The van der Waals surface area contributed by atoms with E-state index in [1.807, 2.05) is 6.07 Å². The highest BCUT2D eigenvalue weighted by Crippen LogP contribution is 2.39. The summed E-state index contributed by atoms with van der Waals surface area (Å²) < 4.78 is 26.8. The monoisotopic (exact) mass is 356 g/mol. The topological polar surface area (TPSA) is 85.6 Å². The van der Waals surface area contributed by atoms with Crippen LogP contribution in [0.1, 0.15) is 47.2 Å². The molecule has 1 aliphatic rings. The Labute approximate surface area is 147 Å². The number of aromatic nitrogens is 5. The van der Waals surface area contributed by atoms with Gasteiger partial charge >= 0.3 is 0 Å². The molecule has 0 spiro atoms. The van der Waals surface area contributed by atoms with E-state index >= 15 is 0 Å². The van der Waals surface area contributed by atoms with Crippen molar-refractivity contribution in [1.82, 2.24) is 24.5 Å². The summed E-state index contributed by atoms with van der Waals surface area (Å²) >= 11 is 0. The molecule has 4 rings (SSSR count). The number of anilines is 1. The lowest BCUT2D eigenvalue weighted by Crippen LogP contribution is -2.18. The van der Waals surface area contributed by atoms with Gasteiger partial charge in [0.15, 0.2) is 0 Å². The van der Waals surface area contributed by atoms with Crippen LogP contribution in [0.4, 0.5) is 14.5 Å². The molecule has 26 heavy (non-hydrogen) atoms. The molecule has 1 saturated carbocycles. The third kappa shape index (κ3) is 3.41. The normalized spacial score (nSPS) is 13.8. The molecule has 0 atom stereocenters. The lowest BCUT2D eigenvalue weighted by Gasteiger charge is -2.09. The van der Waals surface area contributed by atoms with Gasteiger partial charge in [-0.05, 0) is 25.0 Å². The van der Waals surface area contributed by atoms with Crippen LogP contribution in [0.3, 0.4) is 0 Å². The molecule has 1 aliphatic carbocycles. The van der Waals surface area contributed by atoms with Crippen molar-refractivity contribution in [2.75, 3.05) is 5.32 Å². The minimum absolute atomic E-state index is 0.0102. The highest BCUT2D eigenvalue weighted by molar-refractivity contribution is 6.01. The second-order valence-electron chi connectivity index (χ2n) is 5.95. The van der Waals surface area contributed by atoms with Crippen molar-refractivity contribution >= 4 is 11.6 Å². The first kappa shape index (κ1) is 16.2. The average molecular weight is 356 g/mol. The fourth-order valence-electron chi connectivity index (χ4n) is 2.46. The first-order valence-electron chi connectivity index (χ1n) is 8.03. The lowest BCUT2D eigenvalue weighted by atomic mass is 10.2. The van der Waals surface area contributed by atoms with Crippen molar-refractivity contribution in [2.24, 2.45) is 0 Å². The van der Waals surface area contributed by atoms with Crippen molar-refractivity contribution < 1.29 is 13.6 Å². The van der Waals surface area contributed by atoms with Gasteiger partial charge in [0, 0.05) is 30.1 Å². The Kier molecular flexibility index (Phi) is 4.11. The van der Waals surface area contributed by atoms with E-state index in [1.165, 1.54) is 18.3 Å². The number of hydrogen-bond acceptors (Lipinski definition) is 5. The Bertz CT molecular complexity index is 923. The molecule has 1 amide bonds. The molecule has 0 aliphatic heterocycles. The van der Waals surface area contributed by atoms with E-state index in [0.717, 1.165) is 18.5 Å². The summed E-state index contributed by atoms with van der Waals surface area (Å²) in [5.74, 6) is 0.367. The predicted molar refractivity (Wildman–Crippen MR) is 88.3 cm³/mol. The van der Waals surface area contributed by atoms with E-state index in [-0.39, 0.29) is 11.5 Å². The Balaban J connectivity index is 1.60. The SMILES string of the molecule is O=C(Nc1ccc(C(F)F)nc1)c1nc(C2CC2)cc(-n2ccnc2)n1. The molecular formula is C17H14F2N6O. The molecule has 0 radical (unpaired) electrons. The first-order chi connectivity index (χ1) is 12.6. The molecule has 1 fully saturated rings. The predicted octanol–water partition coefficient (Wildman–Crippen LogP) is 3.12. The summed E-state index contributed by atoms with van der Waals surface area (Å²) in [4.78, 5) is 28.8. The van der Waals surface area contributed by atoms with Gasteiger partial charge in [0.2, 0.25) is 5.82 Å². The van der Waals surface area contributed by atoms with Gasteiger partial charge in [-0.2, -0.15) is 0 Å². The van der Waals surface area contributed by atoms with Gasteiger partial charge in [-0.15, -0.1) is 0 Å². The molecule has 0 unspecified atom stereocenters. The van der Waals surface area contributed by atoms with E-state index in [2.05, 4.69) is 25.3 Å². The van der Waals surface area contributed by atoms with Crippen LogP contribution in [0, 0.1) is 0 Å². The Hall–Kier alpha value is -3.23. The summed E-state index contributed by atoms with van der Waals surface area (Å²) in [7, 11) is 0. The number of hydrogen-bond donors (Lipinski definition) is 1. The highest BCUT2D eigenvalue weighted by atomic mass is 19.3. The van der Waals surface area contributed by atoms with Crippen molar-refractivity contribution in [3.8, 4) is 5.82 Å². The van der Waals surface area contributed by atoms with Crippen LogP contribution in [-0.4, -0.2) is 30.4 Å².